The summed E-state index contributed by atoms with van der Waals surface area (Å²) in [6.45, 7) is 0. The normalized spacial score (nSPS) is 17.0. The third-order valence-corrected chi connectivity index (χ3v) is 6.55. The molecule has 1 amide bonds. The molecule has 30 heavy (non-hydrogen) atoms. The van der Waals surface area contributed by atoms with E-state index in [4.69, 9.17) is 9.56 Å². The van der Waals surface area contributed by atoms with Crippen LogP contribution in [0.15, 0.2) is 57.8 Å². The molecule has 0 saturated carbocycles. The van der Waals surface area contributed by atoms with Gasteiger partial charge in [-0.25, -0.2) is 13.6 Å². The van der Waals surface area contributed by atoms with Crippen molar-refractivity contribution in [2.24, 2.45) is 5.14 Å². The Bertz CT molecular complexity index is 1300. The highest BCUT2D eigenvalue weighted by molar-refractivity contribution is 7.89. The maximum Gasteiger partial charge on any atom is 0.256 e. The molecule has 0 radical (unpaired) electrons. The van der Waals surface area contributed by atoms with Crippen molar-refractivity contribution >= 4 is 33.3 Å². The Hall–Kier alpha value is -3.16. The largest absolute Gasteiger partial charge is 0.461 e. The van der Waals surface area contributed by atoms with Gasteiger partial charge in [0.05, 0.1) is 10.5 Å². The summed E-state index contributed by atoms with van der Waals surface area (Å²) in [4.78, 5) is 12.6. The molecule has 1 aliphatic heterocycles. The van der Waals surface area contributed by atoms with Crippen molar-refractivity contribution in [3.8, 4) is 11.1 Å². The number of sulfonamides is 1. The van der Waals surface area contributed by atoms with E-state index < -0.39 is 10.0 Å². The number of carbonyl (C=O) groups is 1. The predicted octanol–water partition coefficient (Wildman–Crippen LogP) is 3.97. The summed E-state index contributed by atoms with van der Waals surface area (Å²) in [6, 6.07) is 14.3. The van der Waals surface area contributed by atoms with E-state index in [1.54, 1.807) is 12.1 Å². The average Bonchev–Trinajstić information content (AvgIpc) is 3.25. The van der Waals surface area contributed by atoms with E-state index in [2.05, 4.69) is 5.32 Å². The average molecular weight is 420 g/mol. The number of rotatable bonds is 3. The summed E-state index contributed by atoms with van der Waals surface area (Å²) in [5, 5.41) is 8.06. The van der Waals surface area contributed by atoms with E-state index >= 15 is 0 Å². The van der Waals surface area contributed by atoms with Gasteiger partial charge in [0.1, 0.15) is 11.5 Å². The van der Waals surface area contributed by atoms with Gasteiger partial charge in [0, 0.05) is 28.8 Å². The van der Waals surface area contributed by atoms with Gasteiger partial charge in [0.2, 0.25) is 10.0 Å². The number of hydrogen-bond acceptors (Lipinski definition) is 4. The monoisotopic (exact) mass is 420 g/mol. The molecule has 7 heteroatoms. The van der Waals surface area contributed by atoms with Crippen LogP contribution in [-0.4, -0.2) is 14.3 Å². The zero-order valence-electron chi connectivity index (χ0n) is 16.1. The summed E-state index contributed by atoms with van der Waals surface area (Å²) in [6.07, 6.45) is 5.70. The highest BCUT2D eigenvalue weighted by Gasteiger charge is 2.29. The first-order valence-corrected chi connectivity index (χ1v) is 11.4. The first kappa shape index (κ1) is 18.8. The van der Waals surface area contributed by atoms with E-state index in [-0.39, 0.29) is 10.8 Å². The van der Waals surface area contributed by atoms with Crippen LogP contribution in [0.2, 0.25) is 0 Å². The Balaban J connectivity index is 1.70. The Labute approximate surface area is 174 Å². The van der Waals surface area contributed by atoms with E-state index in [0.717, 1.165) is 42.6 Å². The van der Waals surface area contributed by atoms with Gasteiger partial charge >= 0.3 is 0 Å². The molecule has 0 bridgehead atoms. The van der Waals surface area contributed by atoms with Crippen LogP contribution in [0.3, 0.4) is 0 Å². The van der Waals surface area contributed by atoms with Crippen molar-refractivity contribution in [1.82, 2.24) is 0 Å². The second kappa shape index (κ2) is 6.97. The molecule has 5 rings (SSSR count). The molecule has 3 aromatic rings. The smallest absolute Gasteiger partial charge is 0.256 e. The standard InChI is InChI=1S/C23H20N2O4S/c24-30(27,28)15-10-11-19-17(12-15)18(23(26)25-19)13-21-22(14-6-2-1-3-7-14)16-8-4-5-9-20(16)29-21/h1-3,6-7,10-13H,4-5,8-9H2,(H,25,26)(H2,24,27,28). The molecule has 2 aromatic carbocycles. The summed E-state index contributed by atoms with van der Waals surface area (Å²) >= 11 is 0. The topological polar surface area (TPSA) is 102 Å². The molecule has 2 heterocycles. The van der Waals surface area contributed by atoms with E-state index in [9.17, 15) is 13.2 Å². The van der Waals surface area contributed by atoms with Gasteiger partial charge in [-0.15, -0.1) is 0 Å². The number of carbonyl (C=O) groups excluding carboxylic acids is 1. The highest BCUT2D eigenvalue weighted by atomic mass is 32.2. The number of aryl methyl sites for hydroxylation is 1. The molecular weight excluding hydrogens is 400 g/mol. The molecule has 0 unspecified atom stereocenters. The number of hydrogen-bond donors (Lipinski definition) is 2. The molecular formula is C23H20N2O4S. The molecule has 0 atom stereocenters. The lowest BCUT2D eigenvalue weighted by atomic mass is 9.91. The molecule has 0 saturated heterocycles. The van der Waals surface area contributed by atoms with Gasteiger partial charge in [0.15, 0.2) is 0 Å². The Morgan fingerprint density at radius 3 is 2.57 bits per heavy atom. The van der Waals surface area contributed by atoms with E-state index in [1.165, 1.54) is 17.7 Å². The zero-order chi connectivity index (χ0) is 20.9. The number of nitrogens with one attached hydrogen (secondary N) is 1. The number of benzene rings is 2. The number of primary sulfonamides is 1. The number of amides is 1. The molecule has 2 aliphatic rings. The second-order valence-electron chi connectivity index (χ2n) is 7.58. The molecule has 3 N–H and O–H groups in total. The number of fused-ring (bicyclic) bond motifs is 2. The summed E-state index contributed by atoms with van der Waals surface area (Å²) in [5.74, 6) is 1.28. The van der Waals surface area contributed by atoms with Crippen molar-refractivity contribution in [2.75, 3.05) is 5.32 Å². The first-order valence-electron chi connectivity index (χ1n) is 9.82. The minimum atomic E-state index is -3.88. The van der Waals surface area contributed by atoms with Crippen LogP contribution in [0.1, 0.15) is 35.5 Å². The van der Waals surface area contributed by atoms with Crippen LogP contribution < -0.4 is 10.5 Å². The van der Waals surface area contributed by atoms with Crippen molar-refractivity contribution in [2.45, 2.75) is 30.6 Å². The van der Waals surface area contributed by atoms with Crippen molar-refractivity contribution < 1.29 is 17.6 Å². The maximum atomic E-state index is 12.7. The van der Waals surface area contributed by atoms with Gasteiger partial charge in [-0.05, 0) is 49.1 Å². The van der Waals surface area contributed by atoms with Crippen LogP contribution in [-0.2, 0) is 27.7 Å². The van der Waals surface area contributed by atoms with E-state index in [1.807, 2.05) is 30.3 Å². The van der Waals surface area contributed by atoms with E-state index in [0.29, 0.717) is 22.6 Å². The molecule has 1 aromatic heterocycles. The minimum absolute atomic E-state index is 0.0364. The summed E-state index contributed by atoms with van der Waals surface area (Å²) < 4.78 is 29.8. The SMILES string of the molecule is NS(=O)(=O)c1ccc2c(c1)C(=Cc1oc3c(c1-c1ccccc1)CCCC3)C(=O)N2. The predicted molar refractivity (Wildman–Crippen MR) is 115 cm³/mol. The third kappa shape index (κ3) is 3.16. The van der Waals surface area contributed by atoms with Crippen LogP contribution in [0, 0.1) is 0 Å². The highest BCUT2D eigenvalue weighted by Crippen LogP contribution is 2.41. The molecule has 0 spiro atoms. The summed E-state index contributed by atoms with van der Waals surface area (Å²) in [7, 11) is -3.88. The van der Waals surface area contributed by atoms with Crippen molar-refractivity contribution in [1.29, 1.82) is 0 Å². The van der Waals surface area contributed by atoms with Gasteiger partial charge in [-0.3, -0.25) is 4.79 Å². The second-order valence-corrected chi connectivity index (χ2v) is 9.14. The Morgan fingerprint density at radius 1 is 1.03 bits per heavy atom. The quantitative estimate of drug-likeness (QED) is 0.626. The molecule has 152 valence electrons. The molecule has 0 fully saturated rings. The number of nitrogens with two attached hydrogens (primary N) is 1. The lowest BCUT2D eigenvalue weighted by Crippen LogP contribution is -2.12. The van der Waals surface area contributed by atoms with Gasteiger partial charge in [-0.2, -0.15) is 0 Å². The number of anilines is 1. The number of furan rings is 1. The lowest BCUT2D eigenvalue weighted by Gasteiger charge is -2.11. The molecule has 1 aliphatic carbocycles. The fourth-order valence-electron chi connectivity index (χ4n) is 4.23. The van der Waals surface area contributed by atoms with Crippen molar-refractivity contribution in [3.05, 3.63) is 71.2 Å². The fraction of sp³-hybridized carbons (Fsp3) is 0.174. The van der Waals surface area contributed by atoms with Gasteiger partial charge < -0.3 is 9.73 Å². The summed E-state index contributed by atoms with van der Waals surface area (Å²) in [5.41, 5.74) is 4.64. The fourth-order valence-corrected chi connectivity index (χ4v) is 4.77. The van der Waals surface area contributed by atoms with Crippen LogP contribution >= 0.6 is 0 Å². The Kier molecular flexibility index (Phi) is 4.38. The third-order valence-electron chi connectivity index (χ3n) is 5.64. The van der Waals surface area contributed by atoms with Crippen molar-refractivity contribution in [3.63, 3.8) is 0 Å². The maximum absolute atomic E-state index is 12.7. The van der Waals surface area contributed by atoms with Crippen LogP contribution in [0.5, 0.6) is 0 Å². The minimum Gasteiger partial charge on any atom is -0.461 e. The Morgan fingerprint density at radius 2 is 1.80 bits per heavy atom. The van der Waals surface area contributed by atoms with Crippen LogP contribution in [0.4, 0.5) is 5.69 Å². The zero-order valence-corrected chi connectivity index (χ0v) is 17.0. The lowest BCUT2D eigenvalue weighted by molar-refractivity contribution is -0.110. The van der Waals surface area contributed by atoms with Gasteiger partial charge in [-0.1, -0.05) is 30.3 Å². The first-order chi connectivity index (χ1) is 14.4. The van der Waals surface area contributed by atoms with Gasteiger partial charge in [0.25, 0.3) is 5.91 Å². The molecule has 6 nitrogen and oxygen atoms in total. The van der Waals surface area contributed by atoms with Crippen LogP contribution in [0.25, 0.3) is 22.8 Å².